The largest absolute Gasteiger partial charge is 0.317 e. The standard InChI is InChI=1S/C16H15F2N3OS/c1-21(10-12-2-3-13(17)8-14(12)18)6-4-15(22)20-16-11(9-19)5-7-23-16/h2-3,5,7-8H,4,6,10H2,1H3,(H,20,22). The minimum absolute atomic E-state index is 0.210. The Kier molecular flexibility index (Phi) is 5.79. The zero-order valence-electron chi connectivity index (χ0n) is 12.5. The van der Waals surface area contributed by atoms with E-state index in [1.165, 1.54) is 23.5 Å². The third-order valence-corrected chi connectivity index (χ3v) is 4.04. The molecule has 23 heavy (non-hydrogen) atoms. The van der Waals surface area contributed by atoms with Gasteiger partial charge in [-0.3, -0.25) is 4.79 Å². The summed E-state index contributed by atoms with van der Waals surface area (Å²) in [7, 11) is 1.75. The number of carbonyl (C=O) groups excluding carboxylic acids is 1. The van der Waals surface area contributed by atoms with Crippen LogP contribution in [0.1, 0.15) is 17.5 Å². The molecule has 1 aromatic heterocycles. The second kappa shape index (κ2) is 7.81. The first-order valence-electron chi connectivity index (χ1n) is 6.89. The van der Waals surface area contributed by atoms with Gasteiger partial charge in [0.15, 0.2) is 0 Å². The lowest BCUT2D eigenvalue weighted by Crippen LogP contribution is -2.24. The fraction of sp³-hybridized carbons (Fsp3) is 0.250. The van der Waals surface area contributed by atoms with Crippen LogP contribution in [0.15, 0.2) is 29.6 Å². The maximum Gasteiger partial charge on any atom is 0.226 e. The van der Waals surface area contributed by atoms with Gasteiger partial charge < -0.3 is 10.2 Å². The van der Waals surface area contributed by atoms with Crippen molar-refractivity contribution in [3.05, 3.63) is 52.4 Å². The highest BCUT2D eigenvalue weighted by Gasteiger charge is 2.11. The molecule has 0 aliphatic heterocycles. The average molecular weight is 335 g/mol. The fourth-order valence-electron chi connectivity index (χ4n) is 2.00. The number of nitrogens with zero attached hydrogens (tertiary/aromatic N) is 2. The Morgan fingerprint density at radius 1 is 1.39 bits per heavy atom. The predicted molar refractivity (Wildman–Crippen MR) is 85.0 cm³/mol. The Morgan fingerprint density at radius 2 is 2.17 bits per heavy atom. The fourth-order valence-corrected chi connectivity index (χ4v) is 2.75. The van der Waals surface area contributed by atoms with Gasteiger partial charge in [0.1, 0.15) is 22.7 Å². The van der Waals surface area contributed by atoms with E-state index in [0.717, 1.165) is 6.07 Å². The molecule has 0 radical (unpaired) electrons. The van der Waals surface area contributed by atoms with Crippen LogP contribution >= 0.6 is 11.3 Å². The molecule has 1 amide bonds. The third kappa shape index (κ3) is 4.84. The van der Waals surface area contributed by atoms with E-state index in [2.05, 4.69) is 5.32 Å². The molecule has 0 spiro atoms. The molecule has 2 rings (SSSR count). The van der Waals surface area contributed by atoms with Gasteiger partial charge in [0, 0.05) is 31.1 Å². The summed E-state index contributed by atoms with van der Waals surface area (Å²) in [5.74, 6) is -1.42. The Bertz CT molecular complexity index is 739. The monoisotopic (exact) mass is 335 g/mol. The second-order valence-corrected chi connectivity index (χ2v) is 5.96. The lowest BCUT2D eigenvalue weighted by atomic mass is 10.2. The summed E-state index contributed by atoms with van der Waals surface area (Å²) in [4.78, 5) is 13.7. The highest BCUT2D eigenvalue weighted by molar-refractivity contribution is 7.14. The SMILES string of the molecule is CN(CCC(=O)Nc1sccc1C#N)Cc1ccc(F)cc1F. The third-order valence-electron chi connectivity index (χ3n) is 3.21. The molecule has 1 aromatic carbocycles. The summed E-state index contributed by atoms with van der Waals surface area (Å²) in [6.45, 7) is 0.692. The summed E-state index contributed by atoms with van der Waals surface area (Å²) in [6, 6.07) is 7.09. The van der Waals surface area contributed by atoms with Crippen molar-refractivity contribution in [3.8, 4) is 6.07 Å². The van der Waals surface area contributed by atoms with E-state index in [4.69, 9.17) is 5.26 Å². The highest BCUT2D eigenvalue weighted by atomic mass is 32.1. The van der Waals surface area contributed by atoms with Gasteiger partial charge in [0.05, 0.1) is 5.56 Å². The first-order valence-corrected chi connectivity index (χ1v) is 7.77. The number of halogens is 2. The molecule has 0 saturated carbocycles. The second-order valence-electron chi connectivity index (χ2n) is 5.05. The van der Waals surface area contributed by atoms with Gasteiger partial charge in [-0.1, -0.05) is 6.07 Å². The minimum Gasteiger partial charge on any atom is -0.317 e. The van der Waals surface area contributed by atoms with Crippen LogP contribution < -0.4 is 5.32 Å². The molecule has 0 bridgehead atoms. The quantitative estimate of drug-likeness (QED) is 0.881. The molecule has 1 N–H and O–H groups in total. The Morgan fingerprint density at radius 3 is 2.87 bits per heavy atom. The molecule has 0 unspecified atom stereocenters. The van der Waals surface area contributed by atoms with Crippen molar-refractivity contribution in [2.45, 2.75) is 13.0 Å². The maximum atomic E-state index is 13.6. The Balaban J connectivity index is 1.83. The molecule has 0 saturated heterocycles. The molecule has 7 heteroatoms. The molecule has 4 nitrogen and oxygen atoms in total. The van der Waals surface area contributed by atoms with Crippen molar-refractivity contribution in [1.29, 1.82) is 5.26 Å². The predicted octanol–water partition coefficient (Wildman–Crippen LogP) is 3.36. The van der Waals surface area contributed by atoms with E-state index in [0.29, 0.717) is 22.7 Å². The summed E-state index contributed by atoms with van der Waals surface area (Å²) >= 11 is 1.29. The van der Waals surface area contributed by atoms with Crippen LogP contribution in [0.5, 0.6) is 0 Å². The molecule has 1 heterocycles. The molecule has 2 aromatic rings. The summed E-state index contributed by atoms with van der Waals surface area (Å²) in [5, 5.41) is 13.8. The lowest BCUT2D eigenvalue weighted by molar-refractivity contribution is -0.116. The van der Waals surface area contributed by atoms with Gasteiger partial charge in [-0.15, -0.1) is 11.3 Å². The van der Waals surface area contributed by atoms with E-state index in [9.17, 15) is 13.6 Å². The van der Waals surface area contributed by atoms with Crippen molar-refractivity contribution in [2.75, 3.05) is 18.9 Å². The van der Waals surface area contributed by atoms with Crippen LogP contribution in [0.25, 0.3) is 0 Å². The van der Waals surface area contributed by atoms with Gasteiger partial charge in [-0.2, -0.15) is 5.26 Å². The Labute approximate surface area is 137 Å². The molecular formula is C16H15F2N3OS. The smallest absolute Gasteiger partial charge is 0.226 e. The minimum atomic E-state index is -0.613. The van der Waals surface area contributed by atoms with Crippen molar-refractivity contribution in [3.63, 3.8) is 0 Å². The van der Waals surface area contributed by atoms with E-state index in [-0.39, 0.29) is 18.9 Å². The average Bonchev–Trinajstić information content (AvgIpc) is 2.95. The van der Waals surface area contributed by atoms with Crippen molar-refractivity contribution < 1.29 is 13.6 Å². The molecular weight excluding hydrogens is 320 g/mol. The van der Waals surface area contributed by atoms with E-state index < -0.39 is 11.6 Å². The number of nitrogens with one attached hydrogen (secondary N) is 1. The number of thiophene rings is 1. The first kappa shape index (κ1) is 17.1. The molecule has 0 atom stereocenters. The van der Waals surface area contributed by atoms with Gasteiger partial charge in [-0.25, -0.2) is 8.78 Å². The lowest BCUT2D eigenvalue weighted by Gasteiger charge is -2.16. The van der Waals surface area contributed by atoms with Crippen LogP contribution in [-0.4, -0.2) is 24.4 Å². The van der Waals surface area contributed by atoms with Crippen LogP contribution in [-0.2, 0) is 11.3 Å². The molecule has 120 valence electrons. The van der Waals surface area contributed by atoms with Gasteiger partial charge >= 0.3 is 0 Å². The van der Waals surface area contributed by atoms with Crippen molar-refractivity contribution in [1.82, 2.24) is 4.90 Å². The van der Waals surface area contributed by atoms with Gasteiger partial charge in [-0.05, 0) is 24.6 Å². The summed E-state index contributed by atoms with van der Waals surface area (Å²) in [6.07, 6.45) is 0.210. The molecule has 0 aliphatic carbocycles. The zero-order chi connectivity index (χ0) is 16.8. The number of nitriles is 1. The summed E-state index contributed by atoms with van der Waals surface area (Å²) < 4.78 is 26.4. The molecule has 0 fully saturated rings. The number of anilines is 1. The molecule has 0 aliphatic rings. The maximum absolute atomic E-state index is 13.6. The van der Waals surface area contributed by atoms with E-state index in [1.807, 2.05) is 6.07 Å². The van der Waals surface area contributed by atoms with Crippen LogP contribution in [0.3, 0.4) is 0 Å². The first-order chi connectivity index (χ1) is 11.0. The zero-order valence-corrected chi connectivity index (χ0v) is 13.3. The van der Waals surface area contributed by atoms with Crippen LogP contribution in [0.4, 0.5) is 13.8 Å². The number of carbonyl (C=O) groups is 1. The number of hydrogen-bond acceptors (Lipinski definition) is 4. The van der Waals surface area contributed by atoms with Gasteiger partial charge in [0.25, 0.3) is 0 Å². The topological polar surface area (TPSA) is 56.1 Å². The summed E-state index contributed by atoms with van der Waals surface area (Å²) in [5.41, 5.74) is 0.810. The van der Waals surface area contributed by atoms with Crippen LogP contribution in [0, 0.1) is 23.0 Å². The number of amides is 1. The Hall–Kier alpha value is -2.30. The number of hydrogen-bond donors (Lipinski definition) is 1. The highest BCUT2D eigenvalue weighted by Crippen LogP contribution is 2.22. The van der Waals surface area contributed by atoms with Crippen molar-refractivity contribution >= 4 is 22.2 Å². The van der Waals surface area contributed by atoms with Crippen molar-refractivity contribution in [2.24, 2.45) is 0 Å². The number of benzene rings is 1. The van der Waals surface area contributed by atoms with Gasteiger partial charge in [0.2, 0.25) is 5.91 Å². The number of rotatable bonds is 6. The normalized spacial score (nSPS) is 10.6. The van der Waals surface area contributed by atoms with Crippen LogP contribution in [0.2, 0.25) is 0 Å². The van der Waals surface area contributed by atoms with E-state index >= 15 is 0 Å². The van der Waals surface area contributed by atoms with E-state index in [1.54, 1.807) is 23.4 Å².